The van der Waals surface area contributed by atoms with E-state index in [2.05, 4.69) is 4.98 Å². The number of rotatable bonds is 4. The highest BCUT2D eigenvalue weighted by atomic mass is 19.4. The topological polar surface area (TPSA) is 66.0 Å². The number of aromatic nitrogens is 1. The van der Waals surface area contributed by atoms with E-state index in [9.17, 15) is 13.2 Å². The molecule has 7 heteroatoms. The minimum Gasteiger partial charge on any atom is -0.384 e. The van der Waals surface area contributed by atoms with Crippen LogP contribution in [-0.2, 0) is 0 Å². The summed E-state index contributed by atoms with van der Waals surface area (Å²) in [7, 11) is 1.51. The molecule has 0 amide bonds. The van der Waals surface area contributed by atoms with Crippen molar-refractivity contribution in [2.45, 2.75) is 12.6 Å². The number of nitrogens with one attached hydrogen (secondary N) is 1. The summed E-state index contributed by atoms with van der Waals surface area (Å²) in [4.78, 5) is 5.30. The summed E-state index contributed by atoms with van der Waals surface area (Å²) in [6, 6.07) is 3.02. The van der Waals surface area contributed by atoms with Crippen molar-refractivity contribution < 1.29 is 13.2 Å². The van der Waals surface area contributed by atoms with E-state index in [1.165, 1.54) is 30.3 Å². The molecule has 1 rings (SSSR count). The number of amidine groups is 1. The van der Waals surface area contributed by atoms with Crippen LogP contribution in [0.2, 0.25) is 0 Å². The van der Waals surface area contributed by atoms with Crippen molar-refractivity contribution >= 4 is 11.7 Å². The summed E-state index contributed by atoms with van der Waals surface area (Å²) in [6.07, 6.45) is -3.68. The van der Waals surface area contributed by atoms with Crippen LogP contribution < -0.4 is 10.6 Å². The molecule has 17 heavy (non-hydrogen) atoms. The second-order valence-electron chi connectivity index (χ2n) is 3.60. The van der Waals surface area contributed by atoms with Gasteiger partial charge in [0, 0.05) is 25.4 Å². The molecule has 0 radical (unpaired) electrons. The van der Waals surface area contributed by atoms with E-state index in [1.54, 1.807) is 0 Å². The van der Waals surface area contributed by atoms with Gasteiger partial charge in [-0.15, -0.1) is 0 Å². The number of hydrogen-bond acceptors (Lipinski definition) is 3. The van der Waals surface area contributed by atoms with Crippen LogP contribution in [0.15, 0.2) is 18.3 Å². The Morgan fingerprint density at radius 3 is 2.71 bits per heavy atom. The van der Waals surface area contributed by atoms with E-state index in [0.29, 0.717) is 11.4 Å². The zero-order valence-corrected chi connectivity index (χ0v) is 9.25. The Morgan fingerprint density at radius 2 is 2.18 bits per heavy atom. The third-order valence-electron chi connectivity index (χ3n) is 2.18. The van der Waals surface area contributed by atoms with Gasteiger partial charge in [-0.3, -0.25) is 5.41 Å². The van der Waals surface area contributed by atoms with Gasteiger partial charge in [0.05, 0.1) is 6.42 Å². The summed E-state index contributed by atoms with van der Waals surface area (Å²) in [5, 5.41) is 7.23. The first-order valence-electron chi connectivity index (χ1n) is 4.88. The molecule has 94 valence electrons. The minimum absolute atomic E-state index is 0.141. The predicted octanol–water partition coefficient (Wildman–Crippen LogP) is 1.75. The van der Waals surface area contributed by atoms with Crippen LogP contribution in [0.5, 0.6) is 0 Å². The number of nitrogen functional groups attached to an aromatic ring is 1. The Balaban J connectivity index is 2.72. The van der Waals surface area contributed by atoms with Crippen molar-refractivity contribution in [3.8, 4) is 0 Å². The van der Waals surface area contributed by atoms with Crippen molar-refractivity contribution in [2.75, 3.05) is 18.5 Å². The molecule has 0 spiro atoms. The molecule has 0 aliphatic carbocycles. The fraction of sp³-hybridized carbons (Fsp3) is 0.400. The summed E-state index contributed by atoms with van der Waals surface area (Å²) in [5.41, 5.74) is 5.72. The van der Waals surface area contributed by atoms with Crippen molar-refractivity contribution in [2.24, 2.45) is 5.73 Å². The lowest BCUT2D eigenvalue weighted by molar-refractivity contribution is -0.132. The van der Waals surface area contributed by atoms with Gasteiger partial charge in [0.2, 0.25) is 0 Å². The van der Waals surface area contributed by atoms with Crippen LogP contribution in [0.25, 0.3) is 0 Å². The van der Waals surface area contributed by atoms with Gasteiger partial charge in [0.1, 0.15) is 11.7 Å². The van der Waals surface area contributed by atoms with Crippen LogP contribution in [0.1, 0.15) is 12.0 Å². The maximum absolute atomic E-state index is 12.0. The number of halogens is 3. The number of alkyl halides is 3. The van der Waals surface area contributed by atoms with Crippen LogP contribution in [0.4, 0.5) is 19.0 Å². The smallest absolute Gasteiger partial charge is 0.384 e. The number of nitrogens with two attached hydrogens (primary N) is 1. The van der Waals surface area contributed by atoms with Crippen LogP contribution in [-0.4, -0.2) is 30.6 Å². The quantitative estimate of drug-likeness (QED) is 0.628. The lowest BCUT2D eigenvalue weighted by Crippen LogP contribution is -2.25. The molecule has 1 aromatic heterocycles. The Labute approximate surface area is 96.8 Å². The highest BCUT2D eigenvalue weighted by Gasteiger charge is 2.27. The zero-order chi connectivity index (χ0) is 13.1. The van der Waals surface area contributed by atoms with Crippen LogP contribution in [0.3, 0.4) is 0 Å². The van der Waals surface area contributed by atoms with Gasteiger partial charge in [-0.2, -0.15) is 13.2 Å². The van der Waals surface area contributed by atoms with Crippen molar-refractivity contribution in [3.63, 3.8) is 0 Å². The molecule has 0 aliphatic rings. The lowest BCUT2D eigenvalue weighted by atomic mass is 10.2. The average Bonchev–Trinajstić information content (AvgIpc) is 2.25. The van der Waals surface area contributed by atoms with E-state index in [-0.39, 0.29) is 12.4 Å². The third-order valence-corrected chi connectivity index (χ3v) is 2.18. The Kier molecular flexibility index (Phi) is 3.93. The fourth-order valence-electron chi connectivity index (χ4n) is 1.20. The average molecular weight is 246 g/mol. The van der Waals surface area contributed by atoms with E-state index < -0.39 is 12.6 Å². The second-order valence-corrected chi connectivity index (χ2v) is 3.60. The SMILES string of the molecule is CN(CCC(F)(F)F)c1cc(C(=N)N)ccn1. The highest BCUT2D eigenvalue weighted by molar-refractivity contribution is 5.95. The molecule has 1 aromatic rings. The monoisotopic (exact) mass is 246 g/mol. The molecule has 4 nitrogen and oxygen atoms in total. The first kappa shape index (κ1) is 13.3. The summed E-state index contributed by atoms with van der Waals surface area (Å²) < 4.78 is 36.1. The molecule has 0 saturated heterocycles. The van der Waals surface area contributed by atoms with E-state index in [0.717, 1.165) is 0 Å². The van der Waals surface area contributed by atoms with Gasteiger partial charge < -0.3 is 10.6 Å². The largest absolute Gasteiger partial charge is 0.390 e. The van der Waals surface area contributed by atoms with E-state index in [4.69, 9.17) is 11.1 Å². The molecule has 0 saturated carbocycles. The first-order valence-corrected chi connectivity index (χ1v) is 4.88. The first-order chi connectivity index (χ1) is 7.79. The molecule has 0 bridgehead atoms. The number of anilines is 1. The molecule has 3 N–H and O–H groups in total. The van der Waals surface area contributed by atoms with Crippen molar-refractivity contribution in [1.29, 1.82) is 5.41 Å². The van der Waals surface area contributed by atoms with Gasteiger partial charge in [0.25, 0.3) is 0 Å². The second kappa shape index (κ2) is 5.03. The third kappa shape index (κ3) is 4.29. The molecule has 0 aliphatic heterocycles. The number of pyridine rings is 1. The maximum atomic E-state index is 12.0. The van der Waals surface area contributed by atoms with E-state index >= 15 is 0 Å². The van der Waals surface area contributed by atoms with Gasteiger partial charge in [-0.05, 0) is 12.1 Å². The summed E-state index contributed by atoms with van der Waals surface area (Å²) >= 11 is 0. The molecule has 0 unspecified atom stereocenters. The number of nitrogens with zero attached hydrogens (tertiary/aromatic N) is 2. The van der Waals surface area contributed by atoms with Crippen LogP contribution >= 0.6 is 0 Å². The zero-order valence-electron chi connectivity index (χ0n) is 9.25. The van der Waals surface area contributed by atoms with Crippen molar-refractivity contribution in [1.82, 2.24) is 4.98 Å². The Hall–Kier alpha value is -1.79. The standard InChI is InChI=1S/C10H13F3N4/c1-17(5-3-10(11,12)13)8-6-7(9(14)15)2-4-16-8/h2,4,6H,3,5H2,1H3,(H3,14,15). The van der Waals surface area contributed by atoms with Gasteiger partial charge in [-0.25, -0.2) is 4.98 Å². The summed E-state index contributed by atoms with van der Waals surface area (Å²) in [5.74, 6) is 0.222. The highest BCUT2D eigenvalue weighted by Crippen LogP contribution is 2.21. The number of hydrogen-bond donors (Lipinski definition) is 2. The molecule has 1 heterocycles. The van der Waals surface area contributed by atoms with Gasteiger partial charge >= 0.3 is 6.18 Å². The molecule has 0 fully saturated rings. The normalized spacial score (nSPS) is 11.3. The predicted molar refractivity (Wildman–Crippen MR) is 59.2 cm³/mol. The van der Waals surface area contributed by atoms with Crippen molar-refractivity contribution in [3.05, 3.63) is 23.9 Å². The molecule has 0 aromatic carbocycles. The van der Waals surface area contributed by atoms with Gasteiger partial charge in [-0.1, -0.05) is 0 Å². The van der Waals surface area contributed by atoms with Gasteiger partial charge in [0.15, 0.2) is 0 Å². The lowest BCUT2D eigenvalue weighted by Gasteiger charge is -2.19. The fourth-order valence-corrected chi connectivity index (χ4v) is 1.20. The van der Waals surface area contributed by atoms with E-state index in [1.807, 2.05) is 0 Å². The Morgan fingerprint density at radius 1 is 1.53 bits per heavy atom. The minimum atomic E-state index is -4.19. The molecule has 0 atom stereocenters. The summed E-state index contributed by atoms with van der Waals surface area (Å²) in [6.45, 7) is -0.183. The van der Waals surface area contributed by atoms with Crippen LogP contribution in [0, 0.1) is 5.41 Å². The Bertz CT molecular complexity index is 403. The molecular weight excluding hydrogens is 233 g/mol. The molecular formula is C10H13F3N4. The maximum Gasteiger partial charge on any atom is 0.390 e.